The molecule has 1 aliphatic heterocycles. The van der Waals surface area contributed by atoms with Crippen LogP contribution in [-0.2, 0) is 9.47 Å². The van der Waals surface area contributed by atoms with Gasteiger partial charge < -0.3 is 20.1 Å². The number of carbonyl (C=O) groups is 1. The highest BCUT2D eigenvalue weighted by Crippen LogP contribution is 2.21. The van der Waals surface area contributed by atoms with Crippen LogP contribution in [0.5, 0.6) is 0 Å². The van der Waals surface area contributed by atoms with Gasteiger partial charge in [0.2, 0.25) is 0 Å². The highest BCUT2D eigenvalue weighted by atomic mass is 16.5. The third-order valence-electron chi connectivity index (χ3n) is 4.21. The minimum atomic E-state index is -0.225. The average molecular weight is 270 g/mol. The number of hydrogen-bond acceptors (Lipinski definition) is 3. The lowest BCUT2D eigenvalue weighted by Gasteiger charge is -2.28. The summed E-state index contributed by atoms with van der Waals surface area (Å²) in [7, 11) is 1.73. The van der Waals surface area contributed by atoms with E-state index in [0.29, 0.717) is 6.61 Å². The maximum absolute atomic E-state index is 12.1. The summed E-state index contributed by atoms with van der Waals surface area (Å²) in [5, 5.41) is 6.12. The zero-order chi connectivity index (χ0) is 13.7. The first-order chi connectivity index (χ1) is 9.13. The fourth-order valence-electron chi connectivity index (χ4n) is 2.97. The van der Waals surface area contributed by atoms with Gasteiger partial charge in [-0.25, -0.2) is 4.79 Å². The number of amides is 2. The van der Waals surface area contributed by atoms with Crippen LogP contribution in [0.3, 0.4) is 0 Å². The average Bonchev–Trinajstić information content (AvgIpc) is 2.66. The van der Waals surface area contributed by atoms with Gasteiger partial charge in [-0.15, -0.1) is 0 Å². The number of urea groups is 1. The Morgan fingerprint density at radius 3 is 2.79 bits per heavy atom. The van der Waals surface area contributed by atoms with Gasteiger partial charge >= 0.3 is 6.03 Å². The molecular weight excluding hydrogens is 244 g/mol. The Hall–Kier alpha value is -0.810. The van der Waals surface area contributed by atoms with Crippen molar-refractivity contribution < 1.29 is 14.3 Å². The fraction of sp³-hybridized carbons (Fsp3) is 0.929. The van der Waals surface area contributed by atoms with E-state index in [1.807, 2.05) is 6.92 Å². The largest absolute Gasteiger partial charge is 0.379 e. The van der Waals surface area contributed by atoms with Crippen LogP contribution in [0.25, 0.3) is 0 Å². The molecule has 0 aromatic carbocycles. The number of ether oxygens (including phenoxy) is 2. The van der Waals surface area contributed by atoms with Gasteiger partial charge in [0.15, 0.2) is 0 Å². The molecule has 2 fully saturated rings. The molecule has 3 atom stereocenters. The molecule has 2 aliphatic rings. The standard InChI is InChI=1S/C14H26N2O3/c1-14(8-9-19-10-14)16-13(17)15-11-6-4-3-5-7-12(11)18-2/h11-12H,3-10H2,1-2H3,(H2,15,16,17)/t11-,12+,14+/m1/s1. The number of carbonyl (C=O) groups excluding carboxylic acids is 1. The second kappa shape index (κ2) is 6.57. The normalized spacial score (nSPS) is 35.7. The van der Waals surface area contributed by atoms with Gasteiger partial charge in [0.1, 0.15) is 0 Å². The van der Waals surface area contributed by atoms with Gasteiger partial charge in [-0.1, -0.05) is 19.3 Å². The highest BCUT2D eigenvalue weighted by molar-refractivity contribution is 5.75. The van der Waals surface area contributed by atoms with Crippen molar-refractivity contribution in [2.45, 2.75) is 63.1 Å². The van der Waals surface area contributed by atoms with Crippen LogP contribution < -0.4 is 10.6 Å². The van der Waals surface area contributed by atoms with Gasteiger partial charge in [-0.05, 0) is 26.2 Å². The van der Waals surface area contributed by atoms with Crippen molar-refractivity contribution in [1.82, 2.24) is 10.6 Å². The van der Waals surface area contributed by atoms with Crippen LogP contribution >= 0.6 is 0 Å². The fourth-order valence-corrected chi connectivity index (χ4v) is 2.97. The van der Waals surface area contributed by atoms with E-state index in [-0.39, 0.29) is 23.7 Å². The summed E-state index contributed by atoms with van der Waals surface area (Å²) in [5.41, 5.74) is -0.225. The van der Waals surface area contributed by atoms with Crippen LogP contribution in [0.4, 0.5) is 4.79 Å². The zero-order valence-electron chi connectivity index (χ0n) is 12.0. The summed E-state index contributed by atoms with van der Waals surface area (Å²) in [5.74, 6) is 0. The number of methoxy groups -OCH3 is 1. The van der Waals surface area contributed by atoms with Crippen LogP contribution in [-0.4, -0.2) is 44.0 Å². The molecule has 5 nitrogen and oxygen atoms in total. The van der Waals surface area contributed by atoms with Crippen LogP contribution in [0.15, 0.2) is 0 Å². The summed E-state index contributed by atoms with van der Waals surface area (Å²) in [6, 6.07) is 0.0281. The molecule has 1 saturated carbocycles. The Labute approximate surface area is 115 Å². The molecule has 0 aromatic heterocycles. The first-order valence-electron chi connectivity index (χ1n) is 7.32. The van der Waals surface area contributed by atoms with E-state index in [1.54, 1.807) is 7.11 Å². The van der Waals surface area contributed by atoms with E-state index < -0.39 is 0 Å². The van der Waals surface area contributed by atoms with Gasteiger partial charge in [0, 0.05) is 13.7 Å². The lowest BCUT2D eigenvalue weighted by molar-refractivity contribution is 0.0654. The van der Waals surface area contributed by atoms with E-state index >= 15 is 0 Å². The van der Waals surface area contributed by atoms with E-state index in [9.17, 15) is 4.79 Å². The predicted molar refractivity (Wildman–Crippen MR) is 73.2 cm³/mol. The van der Waals surface area contributed by atoms with Crippen molar-refractivity contribution >= 4 is 6.03 Å². The van der Waals surface area contributed by atoms with Gasteiger partial charge in [-0.2, -0.15) is 0 Å². The topological polar surface area (TPSA) is 59.6 Å². The van der Waals surface area contributed by atoms with Gasteiger partial charge in [-0.3, -0.25) is 0 Å². The summed E-state index contributed by atoms with van der Waals surface area (Å²) in [6.45, 7) is 3.35. The lowest BCUT2D eigenvalue weighted by atomic mass is 10.0. The monoisotopic (exact) mass is 270 g/mol. The first kappa shape index (κ1) is 14.6. The van der Waals surface area contributed by atoms with Crippen molar-refractivity contribution in [2.24, 2.45) is 0 Å². The van der Waals surface area contributed by atoms with E-state index in [2.05, 4.69) is 10.6 Å². The highest BCUT2D eigenvalue weighted by Gasteiger charge is 2.32. The Bertz CT molecular complexity index is 303. The Balaban J connectivity index is 1.85. The van der Waals surface area contributed by atoms with Crippen molar-refractivity contribution in [2.75, 3.05) is 20.3 Å². The quantitative estimate of drug-likeness (QED) is 0.769. The second-order valence-corrected chi connectivity index (χ2v) is 5.98. The minimum Gasteiger partial charge on any atom is -0.379 e. The van der Waals surface area contributed by atoms with Gasteiger partial charge in [0.25, 0.3) is 0 Å². The summed E-state index contributed by atoms with van der Waals surface area (Å²) in [4.78, 5) is 12.1. The Kier molecular flexibility index (Phi) is 5.05. The number of nitrogens with one attached hydrogen (secondary N) is 2. The summed E-state index contributed by atoms with van der Waals surface area (Å²) in [6.07, 6.45) is 6.61. The minimum absolute atomic E-state index is 0.0954. The van der Waals surface area contributed by atoms with Crippen LogP contribution in [0.2, 0.25) is 0 Å². The molecule has 110 valence electrons. The van der Waals surface area contributed by atoms with Crippen LogP contribution in [0, 0.1) is 0 Å². The molecule has 0 aromatic rings. The molecule has 19 heavy (non-hydrogen) atoms. The molecule has 1 aliphatic carbocycles. The third kappa shape index (κ3) is 4.08. The summed E-state index contributed by atoms with van der Waals surface area (Å²) < 4.78 is 10.9. The molecular formula is C14H26N2O3. The number of hydrogen-bond donors (Lipinski definition) is 2. The molecule has 0 unspecified atom stereocenters. The molecule has 5 heteroatoms. The SMILES string of the molecule is CO[C@H]1CCCCC[C@H]1NC(=O)N[C@@]1(C)CCOC1. The van der Waals surface area contributed by atoms with Crippen molar-refractivity contribution in [1.29, 1.82) is 0 Å². The second-order valence-electron chi connectivity index (χ2n) is 5.98. The Morgan fingerprint density at radius 2 is 2.11 bits per heavy atom. The molecule has 0 bridgehead atoms. The molecule has 1 saturated heterocycles. The smallest absolute Gasteiger partial charge is 0.315 e. The zero-order valence-corrected chi connectivity index (χ0v) is 12.0. The van der Waals surface area contributed by atoms with Crippen molar-refractivity contribution in [3.8, 4) is 0 Å². The summed E-state index contributed by atoms with van der Waals surface area (Å²) >= 11 is 0. The maximum atomic E-state index is 12.1. The molecule has 2 amide bonds. The van der Waals surface area contributed by atoms with E-state index in [0.717, 1.165) is 32.3 Å². The van der Waals surface area contributed by atoms with Crippen molar-refractivity contribution in [3.05, 3.63) is 0 Å². The van der Waals surface area contributed by atoms with Crippen LogP contribution in [0.1, 0.15) is 45.4 Å². The molecule has 2 N–H and O–H groups in total. The molecule has 0 spiro atoms. The van der Waals surface area contributed by atoms with Gasteiger partial charge in [0.05, 0.1) is 24.3 Å². The predicted octanol–water partition coefficient (Wildman–Crippen LogP) is 1.81. The van der Waals surface area contributed by atoms with E-state index in [1.165, 1.54) is 12.8 Å². The maximum Gasteiger partial charge on any atom is 0.315 e. The molecule has 2 rings (SSSR count). The van der Waals surface area contributed by atoms with Crippen molar-refractivity contribution in [3.63, 3.8) is 0 Å². The third-order valence-corrected chi connectivity index (χ3v) is 4.21. The Morgan fingerprint density at radius 1 is 1.32 bits per heavy atom. The molecule has 1 heterocycles. The number of rotatable bonds is 3. The first-order valence-corrected chi connectivity index (χ1v) is 7.32. The lowest BCUT2D eigenvalue weighted by Crippen LogP contribution is -2.55. The molecule has 0 radical (unpaired) electrons. The van der Waals surface area contributed by atoms with E-state index in [4.69, 9.17) is 9.47 Å².